The van der Waals surface area contributed by atoms with E-state index >= 15 is 0 Å². The van der Waals surface area contributed by atoms with E-state index < -0.39 is 11.8 Å². The minimum Gasteiger partial charge on any atom is -0.461 e. The van der Waals surface area contributed by atoms with Crippen molar-refractivity contribution in [2.24, 2.45) is 0 Å². The molecule has 1 aliphatic rings. The van der Waals surface area contributed by atoms with Crippen LogP contribution in [-0.4, -0.2) is 24.1 Å². The lowest BCUT2D eigenvalue weighted by molar-refractivity contribution is 0.0519. The normalized spacial score (nSPS) is 16.7. The molecule has 0 aliphatic carbocycles. The summed E-state index contributed by atoms with van der Waals surface area (Å²) in [6.45, 7) is 4.85. The van der Waals surface area contributed by atoms with Gasteiger partial charge in [0, 0.05) is 18.4 Å². The predicted molar refractivity (Wildman–Crippen MR) is 91.1 cm³/mol. The molecule has 0 saturated heterocycles. The molecule has 1 unspecified atom stereocenters. The van der Waals surface area contributed by atoms with Crippen LogP contribution >= 0.6 is 11.6 Å². The molecule has 0 radical (unpaired) electrons. The Labute approximate surface area is 145 Å². The van der Waals surface area contributed by atoms with Crippen LogP contribution in [-0.2, 0) is 11.2 Å². The van der Waals surface area contributed by atoms with Crippen molar-refractivity contribution in [1.29, 1.82) is 0 Å². The zero-order valence-corrected chi connectivity index (χ0v) is 14.3. The molecule has 0 amide bonds. The Balaban J connectivity index is 1.89. The van der Waals surface area contributed by atoms with Gasteiger partial charge in [0.1, 0.15) is 11.5 Å². The lowest BCUT2D eigenvalue weighted by atomic mass is 9.94. The summed E-state index contributed by atoms with van der Waals surface area (Å²) in [5.41, 5.74) is 3.22. The Bertz CT molecular complexity index is 782. The summed E-state index contributed by atoms with van der Waals surface area (Å²) in [4.78, 5) is 18.1. The monoisotopic (exact) mass is 348 g/mol. The molecule has 1 aromatic carbocycles. The van der Waals surface area contributed by atoms with Gasteiger partial charge in [0.05, 0.1) is 17.7 Å². The third-order valence-corrected chi connectivity index (χ3v) is 4.59. The first kappa shape index (κ1) is 16.7. The van der Waals surface area contributed by atoms with Gasteiger partial charge < -0.3 is 9.64 Å². The number of pyridine rings is 1. The van der Waals surface area contributed by atoms with Crippen molar-refractivity contribution in [3.05, 3.63) is 58.1 Å². The number of benzene rings is 1. The molecule has 1 aromatic heterocycles. The van der Waals surface area contributed by atoms with Crippen LogP contribution in [0.2, 0.25) is 5.02 Å². The van der Waals surface area contributed by atoms with Crippen LogP contribution in [0.25, 0.3) is 0 Å². The van der Waals surface area contributed by atoms with E-state index in [1.165, 1.54) is 6.07 Å². The molecule has 24 heavy (non-hydrogen) atoms. The van der Waals surface area contributed by atoms with Gasteiger partial charge in [-0.15, -0.1) is 0 Å². The molecule has 2 heterocycles. The second-order valence-corrected chi connectivity index (χ2v) is 6.11. The zero-order valence-electron chi connectivity index (χ0n) is 13.6. The zero-order chi connectivity index (χ0) is 17.3. The van der Waals surface area contributed by atoms with Gasteiger partial charge in [0.25, 0.3) is 0 Å². The Morgan fingerprint density at radius 1 is 1.46 bits per heavy atom. The van der Waals surface area contributed by atoms with E-state index in [2.05, 4.69) is 9.88 Å². The van der Waals surface area contributed by atoms with Crippen molar-refractivity contribution in [2.45, 2.75) is 26.3 Å². The molecule has 1 atom stereocenters. The lowest BCUT2D eigenvalue weighted by Gasteiger charge is -2.37. The predicted octanol–water partition coefficient (Wildman–Crippen LogP) is 4.17. The number of fused-ring (bicyclic) bond motifs is 1. The third kappa shape index (κ3) is 3.08. The lowest BCUT2D eigenvalue weighted by Crippen LogP contribution is -2.34. The number of ether oxygens (including phenoxy) is 1. The number of esters is 1. The second-order valence-electron chi connectivity index (χ2n) is 5.71. The standard InChI is InChI=1S/C18H18ClFN2O2/c1-3-24-18(23)17-8-12-6-7-22(11(2)14(12)10-21-17)13-4-5-15(19)16(20)9-13/h4-5,8-11H,3,6-7H2,1-2H3. The molecule has 126 valence electrons. The number of nitrogens with zero attached hydrogens (tertiary/aromatic N) is 2. The fraction of sp³-hybridized carbons (Fsp3) is 0.333. The summed E-state index contributed by atoms with van der Waals surface area (Å²) < 4.78 is 18.7. The van der Waals surface area contributed by atoms with Crippen LogP contribution in [0.5, 0.6) is 0 Å². The van der Waals surface area contributed by atoms with E-state index in [1.54, 1.807) is 25.3 Å². The van der Waals surface area contributed by atoms with Crippen molar-refractivity contribution in [2.75, 3.05) is 18.1 Å². The van der Waals surface area contributed by atoms with Gasteiger partial charge in [-0.3, -0.25) is 0 Å². The maximum atomic E-state index is 13.7. The Morgan fingerprint density at radius 3 is 2.96 bits per heavy atom. The van der Waals surface area contributed by atoms with Gasteiger partial charge in [-0.2, -0.15) is 0 Å². The van der Waals surface area contributed by atoms with Gasteiger partial charge in [-0.1, -0.05) is 11.6 Å². The van der Waals surface area contributed by atoms with Crippen molar-refractivity contribution < 1.29 is 13.9 Å². The van der Waals surface area contributed by atoms with E-state index in [9.17, 15) is 9.18 Å². The highest BCUT2D eigenvalue weighted by Crippen LogP contribution is 2.34. The van der Waals surface area contributed by atoms with Gasteiger partial charge in [-0.05, 0) is 55.7 Å². The summed E-state index contributed by atoms with van der Waals surface area (Å²) in [5, 5.41) is 0.115. The number of carbonyl (C=O) groups excluding carboxylic acids is 1. The average molecular weight is 349 g/mol. The van der Waals surface area contributed by atoms with Crippen LogP contribution in [0.4, 0.5) is 10.1 Å². The SMILES string of the molecule is CCOC(=O)c1cc2c(cn1)C(C)N(c1ccc(Cl)c(F)c1)CC2. The number of aromatic nitrogens is 1. The molecule has 6 heteroatoms. The van der Waals surface area contributed by atoms with Gasteiger partial charge in [0.15, 0.2) is 0 Å². The second kappa shape index (κ2) is 6.77. The summed E-state index contributed by atoms with van der Waals surface area (Å²) >= 11 is 5.76. The smallest absolute Gasteiger partial charge is 0.356 e. The van der Waals surface area contributed by atoms with Crippen LogP contribution in [0.3, 0.4) is 0 Å². The highest BCUT2D eigenvalue weighted by molar-refractivity contribution is 6.30. The molecule has 0 saturated carbocycles. The van der Waals surface area contributed by atoms with Crippen molar-refractivity contribution in [1.82, 2.24) is 4.98 Å². The van der Waals surface area contributed by atoms with E-state index in [4.69, 9.17) is 16.3 Å². The molecule has 0 spiro atoms. The molecule has 0 N–H and O–H groups in total. The largest absolute Gasteiger partial charge is 0.461 e. The minimum atomic E-state index is -0.428. The summed E-state index contributed by atoms with van der Waals surface area (Å²) in [7, 11) is 0. The van der Waals surface area contributed by atoms with Crippen molar-refractivity contribution in [3.63, 3.8) is 0 Å². The Hall–Kier alpha value is -2.14. The molecule has 2 aromatic rings. The molecule has 0 bridgehead atoms. The summed E-state index contributed by atoms with van der Waals surface area (Å²) in [6.07, 6.45) is 2.46. The number of hydrogen-bond donors (Lipinski definition) is 0. The first-order chi connectivity index (χ1) is 11.5. The van der Waals surface area contributed by atoms with E-state index in [1.807, 2.05) is 13.0 Å². The number of halogens is 2. The first-order valence-corrected chi connectivity index (χ1v) is 8.26. The van der Waals surface area contributed by atoms with E-state index in [0.29, 0.717) is 12.3 Å². The number of hydrogen-bond acceptors (Lipinski definition) is 4. The van der Waals surface area contributed by atoms with E-state index in [-0.39, 0.29) is 11.1 Å². The average Bonchev–Trinajstić information content (AvgIpc) is 2.58. The molecule has 1 aliphatic heterocycles. The fourth-order valence-electron chi connectivity index (χ4n) is 3.04. The maximum Gasteiger partial charge on any atom is 0.356 e. The highest BCUT2D eigenvalue weighted by atomic mass is 35.5. The van der Waals surface area contributed by atoms with Crippen molar-refractivity contribution in [3.8, 4) is 0 Å². The highest BCUT2D eigenvalue weighted by Gasteiger charge is 2.26. The Kier molecular flexibility index (Phi) is 4.71. The van der Waals surface area contributed by atoms with Gasteiger partial charge >= 0.3 is 5.97 Å². The quantitative estimate of drug-likeness (QED) is 0.780. The summed E-state index contributed by atoms with van der Waals surface area (Å²) in [5.74, 6) is -0.835. The van der Waals surface area contributed by atoms with Crippen LogP contribution in [0.1, 0.15) is 41.5 Å². The third-order valence-electron chi connectivity index (χ3n) is 4.28. The van der Waals surface area contributed by atoms with Crippen LogP contribution in [0, 0.1) is 5.82 Å². The topological polar surface area (TPSA) is 42.4 Å². The van der Waals surface area contributed by atoms with Crippen LogP contribution < -0.4 is 4.90 Å². The molecular formula is C18H18ClFN2O2. The molecule has 3 rings (SSSR count). The molecule has 0 fully saturated rings. The number of carbonyl (C=O) groups is 1. The van der Waals surface area contributed by atoms with Crippen LogP contribution in [0.15, 0.2) is 30.5 Å². The minimum absolute atomic E-state index is 0.0260. The van der Waals surface area contributed by atoms with Gasteiger partial charge in [0.2, 0.25) is 0 Å². The molecular weight excluding hydrogens is 331 g/mol. The van der Waals surface area contributed by atoms with Gasteiger partial charge in [-0.25, -0.2) is 14.2 Å². The van der Waals surface area contributed by atoms with Crippen molar-refractivity contribution >= 4 is 23.3 Å². The fourth-order valence-corrected chi connectivity index (χ4v) is 3.15. The summed E-state index contributed by atoms with van der Waals surface area (Å²) in [6, 6.07) is 6.65. The number of anilines is 1. The number of rotatable bonds is 3. The van der Waals surface area contributed by atoms with E-state index in [0.717, 1.165) is 29.8 Å². The maximum absolute atomic E-state index is 13.7. The first-order valence-electron chi connectivity index (χ1n) is 7.89. The molecule has 4 nitrogen and oxygen atoms in total. The Morgan fingerprint density at radius 2 is 2.25 bits per heavy atom.